The van der Waals surface area contributed by atoms with Gasteiger partial charge in [-0.05, 0) is 44.9 Å². The maximum absolute atomic E-state index is 13.4. The Labute approximate surface area is 181 Å². The van der Waals surface area contributed by atoms with Crippen LogP contribution in [0.2, 0.25) is 0 Å². The van der Waals surface area contributed by atoms with E-state index in [-0.39, 0.29) is 23.9 Å². The van der Waals surface area contributed by atoms with Gasteiger partial charge in [0.25, 0.3) is 5.91 Å². The molecule has 1 aliphatic heterocycles. The van der Waals surface area contributed by atoms with Crippen molar-refractivity contribution in [2.75, 3.05) is 11.9 Å². The van der Waals surface area contributed by atoms with Crippen LogP contribution >= 0.6 is 0 Å². The Hall–Kier alpha value is -3.57. The lowest BCUT2D eigenvalue weighted by atomic mass is 9.96. The molecule has 0 unspecified atom stereocenters. The summed E-state index contributed by atoms with van der Waals surface area (Å²) in [6.07, 6.45) is 0.939. The van der Waals surface area contributed by atoms with E-state index in [0.29, 0.717) is 30.8 Å². The van der Waals surface area contributed by atoms with Gasteiger partial charge in [0.2, 0.25) is 5.95 Å². The maximum Gasteiger partial charge on any atom is 0.433 e. The number of nitrogens with one attached hydrogen (secondary N) is 1. The number of aromatic nitrogens is 6. The minimum absolute atomic E-state index is 0.119. The van der Waals surface area contributed by atoms with Crippen LogP contribution in [0, 0.1) is 6.92 Å². The Bertz CT molecular complexity index is 1100. The number of hydrogen-bond acceptors (Lipinski definition) is 7. The van der Waals surface area contributed by atoms with E-state index in [0.717, 1.165) is 18.0 Å². The van der Waals surface area contributed by atoms with E-state index in [1.54, 1.807) is 23.2 Å². The molecule has 2 atom stereocenters. The van der Waals surface area contributed by atoms with Crippen LogP contribution in [0.15, 0.2) is 36.8 Å². The fraction of sp³-hybridized carbons (Fsp3) is 0.400. The molecule has 0 bridgehead atoms. The molecular formula is C20H21F3N8O. The Balaban J connectivity index is 1.57. The molecule has 12 heteroatoms. The fourth-order valence-electron chi connectivity index (χ4n) is 3.74. The summed E-state index contributed by atoms with van der Waals surface area (Å²) in [5, 5.41) is 10.7. The van der Waals surface area contributed by atoms with Crippen molar-refractivity contribution in [1.82, 2.24) is 34.8 Å². The summed E-state index contributed by atoms with van der Waals surface area (Å²) >= 11 is 0. The van der Waals surface area contributed by atoms with Crippen molar-refractivity contribution in [2.45, 2.75) is 44.9 Å². The Morgan fingerprint density at radius 2 is 2.00 bits per heavy atom. The lowest BCUT2D eigenvalue weighted by Gasteiger charge is -2.40. The van der Waals surface area contributed by atoms with Crippen LogP contribution in [-0.2, 0) is 6.18 Å². The highest BCUT2D eigenvalue weighted by Crippen LogP contribution is 2.29. The Morgan fingerprint density at radius 1 is 1.19 bits per heavy atom. The molecule has 1 aliphatic rings. The second kappa shape index (κ2) is 8.52. The van der Waals surface area contributed by atoms with Crippen molar-refractivity contribution in [1.29, 1.82) is 0 Å². The summed E-state index contributed by atoms with van der Waals surface area (Å²) in [5.74, 6) is 0.00855. The molecule has 1 saturated heterocycles. The van der Waals surface area contributed by atoms with Gasteiger partial charge in [0.1, 0.15) is 5.69 Å². The average Bonchev–Trinajstić information content (AvgIpc) is 3.29. The number of rotatable bonds is 4. The highest BCUT2D eigenvalue weighted by atomic mass is 19.4. The molecular weight excluding hydrogens is 425 g/mol. The summed E-state index contributed by atoms with van der Waals surface area (Å²) in [4.78, 5) is 27.1. The molecule has 0 aliphatic carbocycles. The van der Waals surface area contributed by atoms with Crippen LogP contribution in [0.25, 0.3) is 5.82 Å². The van der Waals surface area contributed by atoms with E-state index < -0.39 is 11.9 Å². The van der Waals surface area contributed by atoms with E-state index >= 15 is 0 Å². The monoisotopic (exact) mass is 446 g/mol. The second-order valence-electron chi connectivity index (χ2n) is 7.57. The molecule has 0 aromatic carbocycles. The topological polar surface area (TPSA) is 102 Å². The highest BCUT2D eigenvalue weighted by molar-refractivity contribution is 5.97. The van der Waals surface area contributed by atoms with Crippen LogP contribution in [-0.4, -0.2) is 59.4 Å². The third-order valence-corrected chi connectivity index (χ3v) is 5.39. The molecule has 4 rings (SSSR count). The van der Waals surface area contributed by atoms with Crippen molar-refractivity contribution >= 4 is 11.9 Å². The lowest BCUT2D eigenvalue weighted by Crippen LogP contribution is -2.52. The number of anilines is 1. The molecule has 1 N–H and O–H groups in total. The number of halogens is 3. The van der Waals surface area contributed by atoms with Crippen LogP contribution in [0.3, 0.4) is 0 Å². The summed E-state index contributed by atoms with van der Waals surface area (Å²) in [6, 6.07) is 3.63. The SMILES string of the molecule is Cc1ccc(C(=O)N2CCC[C@H](Nc3nccc(C(F)(F)F)n3)[C@H]2C)c(-n2ccnn2)n1. The quantitative estimate of drug-likeness (QED) is 0.658. The van der Waals surface area contributed by atoms with Gasteiger partial charge in [0.15, 0.2) is 5.82 Å². The molecule has 1 amide bonds. The largest absolute Gasteiger partial charge is 0.433 e. The predicted octanol–water partition coefficient (Wildman–Crippen LogP) is 2.88. The minimum atomic E-state index is -4.56. The molecule has 0 spiro atoms. The fourth-order valence-corrected chi connectivity index (χ4v) is 3.74. The van der Waals surface area contributed by atoms with Crippen molar-refractivity contribution < 1.29 is 18.0 Å². The lowest BCUT2D eigenvalue weighted by molar-refractivity contribution is -0.141. The molecule has 0 saturated carbocycles. The first-order valence-electron chi connectivity index (χ1n) is 10.1. The van der Waals surface area contributed by atoms with Crippen LogP contribution in [0.1, 0.15) is 41.5 Å². The van der Waals surface area contributed by atoms with Gasteiger partial charge in [0.05, 0.1) is 18.0 Å². The van der Waals surface area contributed by atoms with Crippen molar-refractivity contribution in [3.8, 4) is 5.82 Å². The third-order valence-electron chi connectivity index (χ3n) is 5.39. The minimum Gasteiger partial charge on any atom is -0.349 e. The number of alkyl halides is 3. The first-order valence-corrected chi connectivity index (χ1v) is 10.1. The number of carbonyl (C=O) groups excluding carboxylic acids is 1. The zero-order chi connectivity index (χ0) is 22.9. The first-order chi connectivity index (χ1) is 15.2. The summed E-state index contributed by atoms with van der Waals surface area (Å²) < 4.78 is 40.4. The van der Waals surface area contributed by atoms with Gasteiger partial charge in [-0.3, -0.25) is 4.79 Å². The van der Waals surface area contributed by atoms with Crippen LogP contribution in [0.4, 0.5) is 19.1 Å². The maximum atomic E-state index is 13.4. The van der Waals surface area contributed by atoms with Gasteiger partial charge >= 0.3 is 6.18 Å². The first kappa shape index (κ1) is 21.7. The molecule has 3 aromatic heterocycles. The highest BCUT2D eigenvalue weighted by Gasteiger charge is 2.35. The zero-order valence-corrected chi connectivity index (χ0v) is 17.4. The van der Waals surface area contributed by atoms with Gasteiger partial charge in [-0.2, -0.15) is 13.2 Å². The molecule has 168 valence electrons. The van der Waals surface area contributed by atoms with Crippen molar-refractivity contribution in [2.24, 2.45) is 0 Å². The number of pyridine rings is 1. The van der Waals surface area contributed by atoms with E-state index in [9.17, 15) is 18.0 Å². The smallest absolute Gasteiger partial charge is 0.349 e. The van der Waals surface area contributed by atoms with Gasteiger partial charge < -0.3 is 10.2 Å². The number of carbonyl (C=O) groups is 1. The normalized spacial score (nSPS) is 19.1. The van der Waals surface area contributed by atoms with E-state index in [1.165, 1.54) is 10.9 Å². The number of aryl methyl sites for hydroxylation is 1. The van der Waals surface area contributed by atoms with Gasteiger partial charge in [-0.25, -0.2) is 19.6 Å². The zero-order valence-electron chi connectivity index (χ0n) is 17.4. The van der Waals surface area contributed by atoms with E-state index in [4.69, 9.17) is 0 Å². The van der Waals surface area contributed by atoms with Gasteiger partial charge in [-0.15, -0.1) is 5.10 Å². The Kier molecular flexibility index (Phi) is 5.76. The molecule has 4 heterocycles. The summed E-state index contributed by atoms with van der Waals surface area (Å²) in [6.45, 7) is 4.17. The Morgan fingerprint density at radius 3 is 2.72 bits per heavy atom. The molecule has 0 radical (unpaired) electrons. The molecule has 9 nitrogen and oxygen atoms in total. The summed E-state index contributed by atoms with van der Waals surface area (Å²) in [5.41, 5.74) is 0.0681. The van der Waals surface area contributed by atoms with Crippen molar-refractivity contribution in [3.63, 3.8) is 0 Å². The number of likely N-dealkylation sites (tertiary alicyclic amines) is 1. The van der Waals surface area contributed by atoms with E-state index in [1.807, 2.05) is 13.8 Å². The number of piperidine rings is 1. The van der Waals surface area contributed by atoms with Gasteiger partial charge in [-0.1, -0.05) is 5.21 Å². The van der Waals surface area contributed by atoms with Gasteiger partial charge in [0, 0.05) is 30.5 Å². The van der Waals surface area contributed by atoms with Crippen LogP contribution in [0.5, 0.6) is 0 Å². The summed E-state index contributed by atoms with van der Waals surface area (Å²) in [7, 11) is 0. The number of nitrogens with zero attached hydrogens (tertiary/aromatic N) is 7. The third kappa shape index (κ3) is 4.39. The predicted molar refractivity (Wildman–Crippen MR) is 108 cm³/mol. The molecule has 3 aromatic rings. The number of amides is 1. The van der Waals surface area contributed by atoms with E-state index in [2.05, 4.69) is 30.6 Å². The van der Waals surface area contributed by atoms with Crippen LogP contribution < -0.4 is 5.32 Å². The van der Waals surface area contributed by atoms with Crippen molar-refractivity contribution in [3.05, 3.63) is 53.7 Å². The average molecular weight is 446 g/mol. The standard InChI is InChI=1S/C20H21F3N8O/c1-12-5-6-14(17(26-12)31-11-9-25-29-31)18(32)30-10-3-4-15(13(30)2)27-19-24-8-7-16(28-19)20(21,22)23/h5-9,11,13,15H,3-4,10H2,1-2H3,(H,24,27,28)/t13-,15+/m1/s1. The molecule has 32 heavy (non-hydrogen) atoms. The second-order valence-corrected chi connectivity index (χ2v) is 7.57. The number of hydrogen-bond donors (Lipinski definition) is 1. The molecule has 1 fully saturated rings.